The number of nitrogens with two attached hydrogens (primary N) is 1. The Morgan fingerprint density at radius 1 is 1.06 bits per heavy atom. The van der Waals surface area contributed by atoms with E-state index in [1.807, 2.05) is 0 Å². The van der Waals surface area contributed by atoms with Gasteiger partial charge in [-0.25, -0.2) is 0 Å². The molecule has 2 aromatic rings. The summed E-state index contributed by atoms with van der Waals surface area (Å²) in [6.07, 6.45) is 6.02. The van der Waals surface area contributed by atoms with Crippen molar-refractivity contribution in [2.45, 2.75) is 38.1 Å². The van der Waals surface area contributed by atoms with Crippen LogP contribution in [0.3, 0.4) is 0 Å². The molecule has 4 rings (SSSR count). The van der Waals surface area contributed by atoms with Crippen LogP contribution in [0.2, 0.25) is 0 Å². The molecule has 0 spiro atoms. The minimum absolute atomic E-state index is 0.267. The molecule has 2 aliphatic carbocycles. The number of rotatable bonds is 0. The van der Waals surface area contributed by atoms with Crippen molar-refractivity contribution >= 4 is 10.8 Å². The lowest BCUT2D eigenvalue weighted by atomic mass is 9.83. The van der Waals surface area contributed by atoms with Crippen LogP contribution in [0.4, 0.5) is 0 Å². The first-order chi connectivity index (χ1) is 8.34. The Morgan fingerprint density at radius 2 is 1.94 bits per heavy atom. The predicted octanol–water partition coefficient (Wildman–Crippen LogP) is 3.27. The predicted molar refractivity (Wildman–Crippen MR) is 71.2 cm³/mol. The lowest BCUT2D eigenvalue weighted by Crippen LogP contribution is -2.18. The van der Waals surface area contributed by atoms with Gasteiger partial charge in [-0.3, -0.25) is 0 Å². The van der Waals surface area contributed by atoms with Crippen LogP contribution in [0.25, 0.3) is 10.8 Å². The van der Waals surface area contributed by atoms with E-state index in [1.165, 1.54) is 47.8 Å². The molecular formula is C16H17N. The van der Waals surface area contributed by atoms with Gasteiger partial charge in [0.2, 0.25) is 0 Å². The van der Waals surface area contributed by atoms with Crippen LogP contribution in [-0.2, 0) is 19.3 Å². The van der Waals surface area contributed by atoms with Gasteiger partial charge >= 0.3 is 0 Å². The maximum Gasteiger partial charge on any atom is 0.0298 e. The maximum atomic E-state index is 6.28. The van der Waals surface area contributed by atoms with Crippen molar-refractivity contribution in [2.24, 2.45) is 5.73 Å². The Bertz CT molecular complexity index is 612. The molecule has 0 aromatic heterocycles. The highest BCUT2D eigenvalue weighted by Crippen LogP contribution is 2.39. The van der Waals surface area contributed by atoms with Crippen LogP contribution in [0.15, 0.2) is 24.3 Å². The number of hydrogen-bond donors (Lipinski definition) is 1. The first kappa shape index (κ1) is 9.67. The monoisotopic (exact) mass is 223 g/mol. The van der Waals surface area contributed by atoms with Crippen molar-refractivity contribution in [3.63, 3.8) is 0 Å². The number of fused-ring (bicyclic) bond motifs is 2. The van der Waals surface area contributed by atoms with Crippen LogP contribution in [0, 0.1) is 0 Å². The van der Waals surface area contributed by atoms with E-state index in [0.29, 0.717) is 0 Å². The Hall–Kier alpha value is -1.34. The summed E-state index contributed by atoms with van der Waals surface area (Å²) in [5.41, 5.74) is 12.3. The molecule has 0 heterocycles. The highest BCUT2D eigenvalue weighted by molar-refractivity contribution is 5.94. The van der Waals surface area contributed by atoms with Crippen molar-refractivity contribution in [1.29, 1.82) is 0 Å². The molecule has 2 aliphatic rings. The zero-order valence-electron chi connectivity index (χ0n) is 10.00. The minimum Gasteiger partial charge on any atom is -0.324 e. The van der Waals surface area contributed by atoms with Crippen molar-refractivity contribution in [3.8, 4) is 0 Å². The van der Waals surface area contributed by atoms with E-state index in [4.69, 9.17) is 5.73 Å². The summed E-state index contributed by atoms with van der Waals surface area (Å²) < 4.78 is 0. The molecule has 2 N–H and O–H groups in total. The molecule has 0 amide bonds. The molecule has 0 fully saturated rings. The van der Waals surface area contributed by atoms with E-state index in [2.05, 4.69) is 24.3 Å². The minimum atomic E-state index is 0.267. The quantitative estimate of drug-likeness (QED) is 0.728. The van der Waals surface area contributed by atoms with Crippen molar-refractivity contribution < 1.29 is 0 Å². The van der Waals surface area contributed by atoms with E-state index in [9.17, 15) is 0 Å². The average Bonchev–Trinajstić information content (AvgIpc) is 2.76. The third-order valence-electron chi connectivity index (χ3n) is 4.48. The van der Waals surface area contributed by atoms with E-state index in [-0.39, 0.29) is 6.04 Å². The Kier molecular flexibility index (Phi) is 1.89. The summed E-state index contributed by atoms with van der Waals surface area (Å²) >= 11 is 0. The first-order valence-electron chi connectivity index (χ1n) is 6.66. The van der Waals surface area contributed by atoms with Gasteiger partial charge in [0.05, 0.1) is 0 Å². The Morgan fingerprint density at radius 3 is 2.88 bits per heavy atom. The number of hydrogen-bond acceptors (Lipinski definition) is 1. The van der Waals surface area contributed by atoms with Gasteiger partial charge in [-0.2, -0.15) is 0 Å². The van der Waals surface area contributed by atoms with E-state index < -0.39 is 0 Å². The molecule has 0 radical (unpaired) electrons. The molecule has 1 atom stereocenters. The van der Waals surface area contributed by atoms with Gasteiger partial charge in [-0.15, -0.1) is 0 Å². The third kappa shape index (κ3) is 1.23. The van der Waals surface area contributed by atoms with E-state index in [0.717, 1.165) is 6.42 Å². The van der Waals surface area contributed by atoms with Crippen molar-refractivity contribution in [3.05, 3.63) is 46.5 Å². The lowest BCUT2D eigenvalue weighted by molar-refractivity contribution is 0.573. The summed E-state index contributed by atoms with van der Waals surface area (Å²) in [6.45, 7) is 0. The van der Waals surface area contributed by atoms with Gasteiger partial charge < -0.3 is 5.73 Å². The smallest absolute Gasteiger partial charge is 0.0298 e. The zero-order valence-corrected chi connectivity index (χ0v) is 10.00. The van der Waals surface area contributed by atoms with Gasteiger partial charge in [0.15, 0.2) is 0 Å². The van der Waals surface area contributed by atoms with Crippen LogP contribution >= 0.6 is 0 Å². The van der Waals surface area contributed by atoms with Crippen molar-refractivity contribution in [1.82, 2.24) is 0 Å². The standard InChI is InChI=1S/C16H17N/c17-15-6-2-4-12-13-5-1-3-10-7-8-11(16(10)13)9-14(12)15/h1,3,5,9,15H,2,4,6-8,17H2. The van der Waals surface area contributed by atoms with Crippen LogP contribution in [0.5, 0.6) is 0 Å². The molecule has 1 heteroatoms. The zero-order chi connectivity index (χ0) is 11.4. The second-order valence-corrected chi connectivity index (χ2v) is 5.44. The Balaban J connectivity index is 2.14. The van der Waals surface area contributed by atoms with Gasteiger partial charge in [-0.1, -0.05) is 24.3 Å². The molecule has 17 heavy (non-hydrogen) atoms. The molecule has 1 unspecified atom stereocenters. The van der Waals surface area contributed by atoms with Gasteiger partial charge in [0.25, 0.3) is 0 Å². The summed E-state index contributed by atoms with van der Waals surface area (Å²) in [5, 5.41) is 3.03. The molecule has 0 saturated carbocycles. The third-order valence-corrected chi connectivity index (χ3v) is 4.48. The highest BCUT2D eigenvalue weighted by Gasteiger charge is 2.23. The van der Waals surface area contributed by atoms with Gasteiger partial charge in [0, 0.05) is 6.04 Å². The van der Waals surface area contributed by atoms with Crippen LogP contribution in [0.1, 0.15) is 41.1 Å². The number of aryl methyl sites for hydroxylation is 3. The van der Waals surface area contributed by atoms with E-state index >= 15 is 0 Å². The topological polar surface area (TPSA) is 26.0 Å². The summed E-state index contributed by atoms with van der Waals surface area (Å²) in [6, 6.07) is 9.47. The SMILES string of the molecule is NC1CCCc2c1cc1c3c(cccc23)CC1. The fourth-order valence-electron chi connectivity index (χ4n) is 3.67. The van der Waals surface area contributed by atoms with Crippen LogP contribution < -0.4 is 5.73 Å². The van der Waals surface area contributed by atoms with E-state index in [1.54, 1.807) is 10.9 Å². The summed E-state index contributed by atoms with van der Waals surface area (Å²) in [4.78, 5) is 0. The fourth-order valence-corrected chi connectivity index (χ4v) is 3.67. The lowest BCUT2D eigenvalue weighted by Gasteiger charge is -2.24. The highest BCUT2D eigenvalue weighted by atomic mass is 14.6. The van der Waals surface area contributed by atoms with Gasteiger partial charge in [-0.05, 0) is 65.1 Å². The molecule has 0 bridgehead atoms. The molecular weight excluding hydrogens is 206 g/mol. The second kappa shape index (κ2) is 3.33. The second-order valence-electron chi connectivity index (χ2n) is 5.44. The normalized spacial score (nSPS) is 21.8. The fraction of sp³-hybridized carbons (Fsp3) is 0.375. The first-order valence-corrected chi connectivity index (χ1v) is 6.66. The summed E-state index contributed by atoms with van der Waals surface area (Å²) in [5.74, 6) is 0. The summed E-state index contributed by atoms with van der Waals surface area (Å²) in [7, 11) is 0. The molecule has 2 aromatic carbocycles. The molecule has 0 aliphatic heterocycles. The molecule has 86 valence electrons. The van der Waals surface area contributed by atoms with Crippen LogP contribution in [-0.4, -0.2) is 0 Å². The molecule has 1 nitrogen and oxygen atoms in total. The largest absolute Gasteiger partial charge is 0.324 e. The Labute approximate surface area is 102 Å². The van der Waals surface area contributed by atoms with Gasteiger partial charge in [0.1, 0.15) is 0 Å². The maximum absolute atomic E-state index is 6.28. The van der Waals surface area contributed by atoms with Crippen molar-refractivity contribution in [2.75, 3.05) is 0 Å². The molecule has 0 saturated heterocycles. The number of benzene rings is 2. The average molecular weight is 223 g/mol.